The van der Waals surface area contributed by atoms with Gasteiger partial charge in [0.05, 0.1) is 12.2 Å². The van der Waals surface area contributed by atoms with Crippen molar-refractivity contribution in [2.45, 2.75) is 63.3 Å². The molecule has 216 valence electrons. The van der Waals surface area contributed by atoms with Crippen LogP contribution in [-0.4, -0.2) is 66.5 Å². The molecular weight excluding hydrogens is 528 g/mol. The van der Waals surface area contributed by atoms with Crippen molar-refractivity contribution in [1.29, 1.82) is 0 Å². The highest BCUT2D eigenvalue weighted by Crippen LogP contribution is 2.65. The van der Waals surface area contributed by atoms with E-state index < -0.39 is 5.60 Å². The Balaban J connectivity index is 1.15. The van der Waals surface area contributed by atoms with Crippen molar-refractivity contribution in [2.75, 3.05) is 30.4 Å². The average Bonchev–Trinajstić information content (AvgIpc) is 3.28. The highest BCUT2D eigenvalue weighted by molar-refractivity contribution is 5.77. The Kier molecular flexibility index (Phi) is 5.49. The van der Waals surface area contributed by atoms with Crippen molar-refractivity contribution in [3.63, 3.8) is 0 Å². The van der Waals surface area contributed by atoms with Crippen LogP contribution in [0.2, 0.25) is 0 Å². The minimum Gasteiger partial charge on any atom is -0.383 e. The molecule has 3 fully saturated rings. The Morgan fingerprint density at radius 1 is 1.12 bits per heavy atom. The molecule has 5 heterocycles. The number of piperazine rings is 1. The van der Waals surface area contributed by atoms with E-state index >= 15 is 0 Å². The summed E-state index contributed by atoms with van der Waals surface area (Å²) in [4.78, 5) is 32.7. The molecule has 10 nitrogen and oxygen atoms in total. The third-order valence-electron chi connectivity index (χ3n) is 10.3. The lowest BCUT2D eigenvalue weighted by Gasteiger charge is -2.33. The van der Waals surface area contributed by atoms with Crippen molar-refractivity contribution in [1.82, 2.24) is 29.2 Å². The molecule has 2 bridgehead atoms. The summed E-state index contributed by atoms with van der Waals surface area (Å²) in [6.45, 7) is 8.35. The van der Waals surface area contributed by atoms with E-state index in [1.807, 2.05) is 19.1 Å². The first kappa shape index (κ1) is 25.7. The molecule has 1 saturated carbocycles. The molecule has 2 aliphatic carbocycles. The standard InChI is InChI=1S/C32H36N8O2/c1-4-14-39-29(41)25-17-33-30(34-21-7-9-22(10-8-21)38-19-23-15-24(38)18-37(23)3)36-28(25)40(39)26-11-6-20-16-31(12-13-31)32(42,5-2)27(20)35-26/h4,6-11,17,23-24,42H,1,5,12-16,18-19H2,2-3H3,(H,33,34,36). The molecule has 3 unspecified atom stereocenters. The summed E-state index contributed by atoms with van der Waals surface area (Å²) < 4.78 is 3.32. The molecule has 8 rings (SSSR count). The molecule has 10 heteroatoms. The second-order valence-corrected chi connectivity index (χ2v) is 12.6. The smallest absolute Gasteiger partial charge is 0.278 e. The van der Waals surface area contributed by atoms with Crippen LogP contribution >= 0.6 is 0 Å². The maximum absolute atomic E-state index is 13.5. The number of allylic oxidation sites excluding steroid dienone is 1. The fourth-order valence-electron chi connectivity index (χ4n) is 7.80. The molecule has 3 aromatic heterocycles. The van der Waals surface area contributed by atoms with Crippen molar-refractivity contribution in [2.24, 2.45) is 5.41 Å². The molecule has 2 aliphatic heterocycles. The summed E-state index contributed by atoms with van der Waals surface area (Å²) in [6, 6.07) is 13.6. The van der Waals surface area contributed by atoms with Gasteiger partial charge >= 0.3 is 0 Å². The summed E-state index contributed by atoms with van der Waals surface area (Å²) >= 11 is 0. The predicted octanol–water partition coefficient (Wildman–Crippen LogP) is 3.73. The van der Waals surface area contributed by atoms with Gasteiger partial charge in [-0.25, -0.2) is 19.3 Å². The molecule has 2 N–H and O–H groups in total. The first-order valence-electron chi connectivity index (χ1n) is 15.0. The number of benzene rings is 1. The molecule has 4 aliphatic rings. The minimum atomic E-state index is -0.955. The van der Waals surface area contributed by atoms with Gasteiger partial charge in [0.15, 0.2) is 11.5 Å². The molecule has 0 radical (unpaired) electrons. The lowest BCUT2D eigenvalue weighted by molar-refractivity contribution is -0.0324. The normalized spacial score (nSPS) is 25.5. The van der Waals surface area contributed by atoms with Gasteiger partial charge in [-0.3, -0.25) is 9.69 Å². The zero-order valence-corrected chi connectivity index (χ0v) is 24.1. The zero-order chi connectivity index (χ0) is 28.8. The fraction of sp³-hybridized carbons (Fsp3) is 0.438. The Bertz CT molecular complexity index is 1790. The van der Waals surface area contributed by atoms with Crippen LogP contribution in [0.15, 0.2) is 60.0 Å². The lowest BCUT2D eigenvalue weighted by atomic mass is 9.84. The number of aromatic nitrogens is 5. The van der Waals surface area contributed by atoms with E-state index in [0.29, 0.717) is 41.3 Å². The first-order valence-corrected chi connectivity index (χ1v) is 15.0. The lowest BCUT2D eigenvalue weighted by Crippen LogP contribution is -2.44. The topological polar surface area (TPSA) is 104 Å². The molecule has 2 saturated heterocycles. The van der Waals surface area contributed by atoms with Gasteiger partial charge in [0.25, 0.3) is 5.56 Å². The van der Waals surface area contributed by atoms with Crippen LogP contribution in [0, 0.1) is 5.41 Å². The van der Waals surface area contributed by atoms with Crippen LogP contribution < -0.4 is 15.8 Å². The van der Waals surface area contributed by atoms with Crippen LogP contribution in [0.25, 0.3) is 16.9 Å². The maximum atomic E-state index is 13.5. The van der Waals surface area contributed by atoms with E-state index in [9.17, 15) is 9.90 Å². The van der Waals surface area contributed by atoms with Gasteiger partial charge in [-0.2, -0.15) is 4.98 Å². The molecular formula is C32H36N8O2. The van der Waals surface area contributed by atoms with Crippen molar-refractivity contribution in [3.05, 3.63) is 76.9 Å². The number of fused-ring (bicyclic) bond motifs is 4. The van der Waals surface area contributed by atoms with Crippen molar-refractivity contribution in [3.8, 4) is 5.82 Å². The quantitative estimate of drug-likeness (QED) is 0.327. The third kappa shape index (κ3) is 3.57. The van der Waals surface area contributed by atoms with E-state index in [1.54, 1.807) is 21.6 Å². The van der Waals surface area contributed by atoms with Crippen molar-refractivity contribution < 1.29 is 5.11 Å². The molecule has 1 aromatic carbocycles. The number of nitrogens with zero attached hydrogens (tertiary/aromatic N) is 7. The highest BCUT2D eigenvalue weighted by atomic mass is 16.3. The van der Waals surface area contributed by atoms with Crippen LogP contribution in [0.5, 0.6) is 0 Å². The van der Waals surface area contributed by atoms with Gasteiger partial charge < -0.3 is 15.3 Å². The number of likely N-dealkylation sites (tertiary alicyclic amines) is 1. The number of hydrogen-bond donors (Lipinski definition) is 2. The molecule has 4 aromatic rings. The van der Waals surface area contributed by atoms with Gasteiger partial charge in [-0.1, -0.05) is 19.1 Å². The number of hydrogen-bond acceptors (Lipinski definition) is 8. The van der Waals surface area contributed by atoms with E-state index in [4.69, 9.17) is 9.97 Å². The summed E-state index contributed by atoms with van der Waals surface area (Å²) in [5, 5.41) is 15.5. The Morgan fingerprint density at radius 2 is 1.93 bits per heavy atom. The van der Waals surface area contributed by atoms with Gasteiger partial charge in [0.1, 0.15) is 11.0 Å². The average molecular weight is 565 g/mol. The Hall–Kier alpha value is -4.02. The largest absolute Gasteiger partial charge is 0.383 e. The van der Waals surface area contributed by atoms with Gasteiger partial charge in [0, 0.05) is 48.2 Å². The maximum Gasteiger partial charge on any atom is 0.278 e. The molecule has 0 amide bonds. The molecule has 1 spiro atoms. The number of aliphatic hydroxyl groups is 1. The first-order chi connectivity index (χ1) is 20.3. The van der Waals surface area contributed by atoms with E-state index in [0.717, 1.165) is 49.3 Å². The van der Waals surface area contributed by atoms with E-state index in [-0.39, 0.29) is 17.5 Å². The van der Waals surface area contributed by atoms with Crippen LogP contribution in [0.1, 0.15) is 43.9 Å². The zero-order valence-electron chi connectivity index (χ0n) is 24.1. The fourth-order valence-corrected chi connectivity index (χ4v) is 7.80. The summed E-state index contributed by atoms with van der Waals surface area (Å²) in [5.41, 5.74) is 3.11. The number of likely N-dealkylation sites (N-methyl/N-ethyl adjacent to an activating group) is 1. The van der Waals surface area contributed by atoms with Crippen LogP contribution in [-0.2, 0) is 18.6 Å². The van der Waals surface area contributed by atoms with Crippen molar-refractivity contribution >= 4 is 28.4 Å². The summed E-state index contributed by atoms with van der Waals surface area (Å²) in [5.74, 6) is 0.941. The van der Waals surface area contributed by atoms with Crippen LogP contribution in [0.4, 0.5) is 17.3 Å². The number of rotatable bonds is 7. The second kappa shape index (κ2) is 8.99. The number of nitrogens with one attached hydrogen (secondary N) is 1. The summed E-state index contributed by atoms with van der Waals surface area (Å²) in [7, 11) is 2.21. The monoisotopic (exact) mass is 564 g/mol. The molecule has 42 heavy (non-hydrogen) atoms. The van der Waals surface area contributed by atoms with E-state index in [2.05, 4.69) is 58.0 Å². The summed E-state index contributed by atoms with van der Waals surface area (Å²) in [6.07, 6.45) is 7.96. The highest BCUT2D eigenvalue weighted by Gasteiger charge is 2.63. The van der Waals surface area contributed by atoms with Gasteiger partial charge in [-0.15, -0.1) is 6.58 Å². The van der Waals surface area contributed by atoms with Gasteiger partial charge in [0.2, 0.25) is 5.95 Å². The Labute approximate surface area is 244 Å². The minimum absolute atomic E-state index is 0.102. The second-order valence-electron chi connectivity index (χ2n) is 12.6. The SMILES string of the molecule is C=CCn1c(=O)c2cnc(Nc3ccc(N4CC5CC4CN5C)cc3)nc2n1-c1ccc2c(n1)C(O)(CC)C1(CC1)C2. The number of anilines is 3. The predicted molar refractivity (Wildman–Crippen MR) is 163 cm³/mol. The molecule has 3 atom stereocenters. The number of pyridine rings is 1. The third-order valence-corrected chi connectivity index (χ3v) is 10.3. The Morgan fingerprint density at radius 3 is 2.60 bits per heavy atom. The van der Waals surface area contributed by atoms with Gasteiger partial charge in [-0.05, 0) is 75.0 Å². The van der Waals surface area contributed by atoms with Crippen LogP contribution in [0.3, 0.4) is 0 Å². The van der Waals surface area contributed by atoms with E-state index in [1.165, 1.54) is 12.1 Å².